The highest BCUT2D eigenvalue weighted by Crippen LogP contribution is 2.40. The average molecular weight is 396 g/mol. The van der Waals surface area contributed by atoms with E-state index < -0.39 is 6.10 Å². The molecule has 0 saturated heterocycles. The van der Waals surface area contributed by atoms with Crippen LogP contribution in [-0.2, 0) is 4.79 Å². The van der Waals surface area contributed by atoms with E-state index in [1.165, 1.54) is 0 Å². The van der Waals surface area contributed by atoms with Gasteiger partial charge in [0, 0.05) is 12.0 Å². The van der Waals surface area contributed by atoms with Crippen LogP contribution in [-0.4, -0.2) is 17.6 Å². The van der Waals surface area contributed by atoms with Gasteiger partial charge in [0.2, 0.25) is 0 Å². The third-order valence-electron chi connectivity index (χ3n) is 5.40. The summed E-state index contributed by atoms with van der Waals surface area (Å²) in [5.74, 6) is 1.83. The predicted molar refractivity (Wildman–Crippen MR) is 117 cm³/mol. The van der Waals surface area contributed by atoms with Gasteiger partial charge >= 0.3 is 0 Å². The van der Waals surface area contributed by atoms with Gasteiger partial charge < -0.3 is 14.8 Å². The molecular formula is C25H33NO3. The van der Waals surface area contributed by atoms with Crippen LogP contribution in [0.1, 0.15) is 75.3 Å². The lowest BCUT2D eigenvalue weighted by atomic mass is 9.89. The lowest BCUT2D eigenvalue weighted by Gasteiger charge is -2.38. The third-order valence-corrected chi connectivity index (χ3v) is 5.40. The van der Waals surface area contributed by atoms with Gasteiger partial charge in [0.25, 0.3) is 5.91 Å². The summed E-state index contributed by atoms with van der Waals surface area (Å²) in [7, 11) is 0. The molecule has 1 aliphatic heterocycles. The summed E-state index contributed by atoms with van der Waals surface area (Å²) in [5.41, 5.74) is 4.07. The van der Waals surface area contributed by atoms with E-state index in [-0.39, 0.29) is 17.6 Å². The Hall–Kier alpha value is -2.49. The number of amides is 1. The Morgan fingerprint density at radius 1 is 1.10 bits per heavy atom. The van der Waals surface area contributed by atoms with E-state index in [9.17, 15) is 4.79 Å². The molecule has 1 amide bonds. The van der Waals surface area contributed by atoms with E-state index >= 15 is 0 Å². The van der Waals surface area contributed by atoms with Crippen molar-refractivity contribution in [2.24, 2.45) is 0 Å². The average Bonchev–Trinajstić information content (AvgIpc) is 2.61. The molecule has 0 saturated carbocycles. The van der Waals surface area contributed by atoms with Crippen LogP contribution in [0.2, 0.25) is 0 Å². The Morgan fingerprint density at radius 3 is 2.45 bits per heavy atom. The summed E-state index contributed by atoms with van der Waals surface area (Å²) in [6, 6.07) is 12.2. The molecule has 0 spiro atoms. The lowest BCUT2D eigenvalue weighted by molar-refractivity contribution is -0.128. The Morgan fingerprint density at radius 2 is 1.76 bits per heavy atom. The van der Waals surface area contributed by atoms with Gasteiger partial charge in [0.1, 0.15) is 17.1 Å². The maximum atomic E-state index is 13.0. The van der Waals surface area contributed by atoms with E-state index in [1.54, 1.807) is 0 Å². The zero-order chi connectivity index (χ0) is 21.3. The number of hydrogen-bond donors (Lipinski definition) is 1. The van der Waals surface area contributed by atoms with Crippen molar-refractivity contribution in [3.8, 4) is 11.5 Å². The molecule has 1 aliphatic rings. The second-order valence-electron chi connectivity index (χ2n) is 9.12. The molecular weight excluding hydrogens is 362 g/mol. The van der Waals surface area contributed by atoms with E-state index in [1.807, 2.05) is 32.0 Å². The van der Waals surface area contributed by atoms with Gasteiger partial charge in [-0.2, -0.15) is 0 Å². The minimum absolute atomic E-state index is 0.103. The SMILES string of the molecule is Cc1ccc(C(C)C)c(O[C@@H](C)C(=O)N[C@H]2CC(C)(C)Oc3ccc(C)cc32)c1. The van der Waals surface area contributed by atoms with E-state index in [0.29, 0.717) is 12.3 Å². The fourth-order valence-corrected chi connectivity index (χ4v) is 3.86. The van der Waals surface area contributed by atoms with Crippen molar-refractivity contribution in [1.29, 1.82) is 0 Å². The Kier molecular flexibility index (Phi) is 5.92. The normalized spacial score (nSPS) is 18.6. The highest BCUT2D eigenvalue weighted by atomic mass is 16.5. The van der Waals surface area contributed by atoms with Crippen LogP contribution in [0.15, 0.2) is 36.4 Å². The molecule has 0 fully saturated rings. The van der Waals surface area contributed by atoms with Crippen molar-refractivity contribution < 1.29 is 14.3 Å². The van der Waals surface area contributed by atoms with E-state index in [4.69, 9.17) is 9.47 Å². The first-order valence-electron chi connectivity index (χ1n) is 10.4. The molecule has 4 heteroatoms. The molecule has 2 aromatic carbocycles. The highest BCUT2D eigenvalue weighted by Gasteiger charge is 2.35. The second-order valence-corrected chi connectivity index (χ2v) is 9.12. The minimum Gasteiger partial charge on any atom is -0.487 e. The largest absolute Gasteiger partial charge is 0.487 e. The van der Waals surface area contributed by atoms with Crippen LogP contribution in [0.4, 0.5) is 0 Å². The molecule has 0 bridgehead atoms. The number of hydrogen-bond acceptors (Lipinski definition) is 3. The molecule has 2 aromatic rings. The Labute approximate surface area is 174 Å². The standard InChI is InChI=1S/C25H33NO3/c1-15(2)19-10-8-17(4)13-23(19)28-18(5)24(27)26-21-14-25(6,7)29-22-11-9-16(3)12-20(21)22/h8-13,15,18,21H,14H2,1-7H3,(H,26,27)/t18-,21-/m0/s1. The molecule has 1 N–H and O–H groups in total. The Balaban J connectivity index is 1.79. The van der Waals surface area contributed by atoms with Crippen molar-refractivity contribution >= 4 is 5.91 Å². The molecule has 0 unspecified atom stereocenters. The van der Waals surface area contributed by atoms with Crippen molar-refractivity contribution in [3.05, 3.63) is 58.7 Å². The van der Waals surface area contributed by atoms with Crippen LogP contribution in [0, 0.1) is 13.8 Å². The number of carbonyl (C=O) groups excluding carboxylic acids is 1. The summed E-state index contributed by atoms with van der Waals surface area (Å²) in [6.07, 6.45) is 0.123. The maximum Gasteiger partial charge on any atom is 0.261 e. The zero-order valence-corrected chi connectivity index (χ0v) is 18.6. The van der Waals surface area contributed by atoms with Gasteiger partial charge in [-0.15, -0.1) is 0 Å². The van der Waals surface area contributed by atoms with Crippen LogP contribution in [0.25, 0.3) is 0 Å². The molecule has 4 nitrogen and oxygen atoms in total. The summed E-state index contributed by atoms with van der Waals surface area (Å²) in [5, 5.41) is 3.20. The molecule has 2 atom stereocenters. The first-order valence-corrected chi connectivity index (χ1v) is 10.4. The molecule has 3 rings (SSSR count). The monoisotopic (exact) mass is 395 g/mol. The van der Waals surface area contributed by atoms with Crippen molar-refractivity contribution in [1.82, 2.24) is 5.32 Å². The molecule has 156 valence electrons. The first kappa shape index (κ1) is 21.2. The first-order chi connectivity index (χ1) is 13.6. The summed E-state index contributed by atoms with van der Waals surface area (Å²) in [6.45, 7) is 14.3. The zero-order valence-electron chi connectivity index (χ0n) is 18.6. The maximum absolute atomic E-state index is 13.0. The van der Waals surface area contributed by atoms with Crippen molar-refractivity contribution in [2.75, 3.05) is 0 Å². The lowest BCUT2D eigenvalue weighted by Crippen LogP contribution is -2.44. The third kappa shape index (κ3) is 4.92. The summed E-state index contributed by atoms with van der Waals surface area (Å²) in [4.78, 5) is 13.0. The highest BCUT2D eigenvalue weighted by molar-refractivity contribution is 5.81. The number of aryl methyl sites for hydroxylation is 2. The Bertz CT molecular complexity index is 901. The minimum atomic E-state index is -0.589. The number of ether oxygens (including phenoxy) is 2. The summed E-state index contributed by atoms with van der Waals surface area (Å²) >= 11 is 0. The van der Waals surface area contributed by atoms with Gasteiger partial charge in [-0.05, 0) is 63.8 Å². The molecule has 0 radical (unpaired) electrons. The smallest absolute Gasteiger partial charge is 0.261 e. The van der Waals surface area contributed by atoms with Crippen LogP contribution in [0.3, 0.4) is 0 Å². The van der Waals surface area contributed by atoms with E-state index in [2.05, 4.69) is 58.1 Å². The fraction of sp³-hybridized carbons (Fsp3) is 0.480. The molecule has 0 aromatic heterocycles. The summed E-state index contributed by atoms with van der Waals surface area (Å²) < 4.78 is 12.2. The quantitative estimate of drug-likeness (QED) is 0.715. The number of carbonyl (C=O) groups is 1. The molecule has 1 heterocycles. The fourth-order valence-electron chi connectivity index (χ4n) is 3.86. The van der Waals surface area contributed by atoms with Gasteiger partial charge in [-0.3, -0.25) is 4.79 Å². The predicted octanol–water partition coefficient (Wildman–Crippen LogP) is 5.61. The number of benzene rings is 2. The van der Waals surface area contributed by atoms with Crippen LogP contribution >= 0.6 is 0 Å². The topological polar surface area (TPSA) is 47.6 Å². The van der Waals surface area contributed by atoms with Crippen LogP contribution in [0.5, 0.6) is 11.5 Å². The van der Waals surface area contributed by atoms with Gasteiger partial charge in [0.05, 0.1) is 6.04 Å². The van der Waals surface area contributed by atoms with Gasteiger partial charge in [-0.1, -0.05) is 43.7 Å². The van der Waals surface area contributed by atoms with Gasteiger partial charge in [0.15, 0.2) is 6.10 Å². The van der Waals surface area contributed by atoms with E-state index in [0.717, 1.165) is 33.8 Å². The van der Waals surface area contributed by atoms with Crippen molar-refractivity contribution in [3.63, 3.8) is 0 Å². The number of rotatable bonds is 5. The van der Waals surface area contributed by atoms with Crippen LogP contribution < -0.4 is 14.8 Å². The number of fused-ring (bicyclic) bond motifs is 1. The molecule has 0 aliphatic carbocycles. The van der Waals surface area contributed by atoms with Gasteiger partial charge in [-0.25, -0.2) is 0 Å². The molecule has 29 heavy (non-hydrogen) atoms. The second kappa shape index (κ2) is 8.10. The van der Waals surface area contributed by atoms with Crippen molar-refractivity contribution in [2.45, 2.75) is 78.6 Å². The number of nitrogens with one attached hydrogen (secondary N) is 1.